The van der Waals surface area contributed by atoms with Gasteiger partial charge in [0.1, 0.15) is 6.54 Å². The summed E-state index contributed by atoms with van der Waals surface area (Å²) in [6.45, 7) is 0.438. The van der Waals surface area contributed by atoms with E-state index in [1.165, 1.54) is 0 Å². The summed E-state index contributed by atoms with van der Waals surface area (Å²) in [5, 5.41) is 14.3. The van der Waals surface area contributed by atoms with Crippen LogP contribution in [0.15, 0.2) is 21.7 Å². The molecule has 1 aliphatic carbocycles. The van der Waals surface area contributed by atoms with E-state index in [2.05, 4.69) is 10.4 Å². The zero-order chi connectivity index (χ0) is 14.5. The summed E-state index contributed by atoms with van der Waals surface area (Å²) in [6, 6.07) is 2.26. The highest BCUT2D eigenvalue weighted by atomic mass is 16.3. The van der Waals surface area contributed by atoms with Crippen molar-refractivity contribution >= 4 is 5.91 Å². The van der Waals surface area contributed by atoms with E-state index in [-0.39, 0.29) is 30.9 Å². The van der Waals surface area contributed by atoms with E-state index in [0.29, 0.717) is 6.54 Å². The van der Waals surface area contributed by atoms with Crippen molar-refractivity contribution in [1.29, 1.82) is 0 Å². The Bertz CT molecular complexity index is 577. The smallest absolute Gasteiger partial charge is 0.265 e. The third-order valence-electron chi connectivity index (χ3n) is 3.80. The number of amides is 1. The van der Waals surface area contributed by atoms with E-state index < -0.39 is 11.1 Å². The first-order valence-electron chi connectivity index (χ1n) is 6.78. The fourth-order valence-electron chi connectivity index (χ4n) is 2.65. The van der Waals surface area contributed by atoms with Crippen LogP contribution in [0.1, 0.15) is 19.3 Å². The summed E-state index contributed by atoms with van der Waals surface area (Å²) >= 11 is 0. The minimum Gasteiger partial charge on any atom is -0.396 e. The number of rotatable bonds is 5. The molecule has 2 unspecified atom stereocenters. The number of hydrogen-bond donors (Lipinski definition) is 3. The van der Waals surface area contributed by atoms with Gasteiger partial charge in [-0.25, -0.2) is 4.68 Å². The first kappa shape index (κ1) is 14.5. The minimum absolute atomic E-state index is 0.145. The van der Waals surface area contributed by atoms with Crippen LogP contribution >= 0.6 is 0 Å². The molecule has 2 rings (SSSR count). The largest absolute Gasteiger partial charge is 0.396 e. The quantitative estimate of drug-likeness (QED) is 0.648. The average Bonchev–Trinajstić information content (AvgIpc) is 2.88. The number of aliphatic hydroxyl groups excluding tert-OH is 1. The molecule has 1 heterocycles. The van der Waals surface area contributed by atoms with Crippen molar-refractivity contribution in [2.75, 3.05) is 13.2 Å². The molecule has 2 atom stereocenters. The predicted molar refractivity (Wildman–Crippen MR) is 72.2 cm³/mol. The van der Waals surface area contributed by atoms with E-state index in [9.17, 15) is 19.5 Å². The summed E-state index contributed by atoms with van der Waals surface area (Å²) in [5.74, 6) is 0.211. The summed E-state index contributed by atoms with van der Waals surface area (Å²) < 4.78 is 0.982. The van der Waals surface area contributed by atoms with Gasteiger partial charge in [-0.1, -0.05) is 6.42 Å². The number of carbonyl (C=O) groups is 1. The highest BCUT2D eigenvalue weighted by Crippen LogP contribution is 2.30. The van der Waals surface area contributed by atoms with Crippen LogP contribution in [0.25, 0.3) is 0 Å². The van der Waals surface area contributed by atoms with Crippen molar-refractivity contribution in [3.05, 3.63) is 32.8 Å². The van der Waals surface area contributed by atoms with Gasteiger partial charge in [-0.2, -0.15) is 0 Å². The second-order valence-electron chi connectivity index (χ2n) is 5.17. The topological polar surface area (TPSA) is 104 Å². The third kappa shape index (κ3) is 3.57. The van der Waals surface area contributed by atoms with Gasteiger partial charge in [0.2, 0.25) is 5.91 Å². The van der Waals surface area contributed by atoms with E-state index in [0.717, 1.165) is 36.1 Å². The zero-order valence-electron chi connectivity index (χ0n) is 11.2. The molecule has 0 radical (unpaired) electrons. The van der Waals surface area contributed by atoms with Crippen LogP contribution in [-0.2, 0) is 11.3 Å². The van der Waals surface area contributed by atoms with E-state index >= 15 is 0 Å². The first-order valence-corrected chi connectivity index (χ1v) is 6.78. The van der Waals surface area contributed by atoms with Crippen molar-refractivity contribution in [2.24, 2.45) is 11.8 Å². The molecule has 7 heteroatoms. The molecular formula is C13H19N3O4. The van der Waals surface area contributed by atoms with Crippen molar-refractivity contribution < 1.29 is 9.90 Å². The van der Waals surface area contributed by atoms with Crippen molar-refractivity contribution in [1.82, 2.24) is 15.1 Å². The third-order valence-corrected chi connectivity index (χ3v) is 3.80. The van der Waals surface area contributed by atoms with Crippen LogP contribution in [0.3, 0.4) is 0 Å². The molecule has 0 aromatic carbocycles. The molecule has 0 bridgehead atoms. The first-order chi connectivity index (χ1) is 9.60. The number of aliphatic hydroxyl groups is 1. The second kappa shape index (κ2) is 6.51. The van der Waals surface area contributed by atoms with E-state index in [1.54, 1.807) is 0 Å². The van der Waals surface area contributed by atoms with Gasteiger partial charge in [0.25, 0.3) is 11.1 Å². The lowest BCUT2D eigenvalue weighted by molar-refractivity contribution is -0.122. The average molecular weight is 281 g/mol. The summed E-state index contributed by atoms with van der Waals surface area (Å²) in [4.78, 5) is 34.3. The fourth-order valence-corrected chi connectivity index (χ4v) is 2.65. The molecule has 1 fully saturated rings. The summed E-state index contributed by atoms with van der Waals surface area (Å²) in [6.07, 6.45) is 3.05. The Kier molecular flexibility index (Phi) is 4.73. The lowest BCUT2D eigenvalue weighted by atomic mass is 9.97. The monoisotopic (exact) mass is 281 g/mol. The molecule has 0 spiro atoms. The van der Waals surface area contributed by atoms with Crippen molar-refractivity contribution in [3.63, 3.8) is 0 Å². The maximum atomic E-state index is 11.8. The summed E-state index contributed by atoms with van der Waals surface area (Å²) in [7, 11) is 0. The van der Waals surface area contributed by atoms with Gasteiger partial charge in [0.15, 0.2) is 0 Å². The Hall–Kier alpha value is -1.89. The molecule has 1 aliphatic rings. The highest BCUT2D eigenvalue weighted by Gasteiger charge is 2.26. The van der Waals surface area contributed by atoms with Gasteiger partial charge in [-0.15, -0.1) is 0 Å². The molecule has 110 valence electrons. The molecule has 1 amide bonds. The number of nitrogens with zero attached hydrogens (tertiary/aromatic N) is 1. The molecule has 1 aromatic rings. The highest BCUT2D eigenvalue weighted by molar-refractivity contribution is 5.75. The molecule has 1 saturated carbocycles. The molecular weight excluding hydrogens is 262 g/mol. The maximum Gasteiger partial charge on any atom is 0.265 e. The second-order valence-corrected chi connectivity index (χ2v) is 5.17. The SMILES string of the molecule is O=C(Cn1[nH]c(=O)ccc1=O)NCC1CCCC1CO. The van der Waals surface area contributed by atoms with Gasteiger partial charge in [0.05, 0.1) is 0 Å². The van der Waals surface area contributed by atoms with Crippen LogP contribution in [0.2, 0.25) is 0 Å². The zero-order valence-corrected chi connectivity index (χ0v) is 11.2. The van der Waals surface area contributed by atoms with Crippen LogP contribution in [0.4, 0.5) is 0 Å². The normalized spacial score (nSPS) is 21.9. The molecule has 0 saturated heterocycles. The fraction of sp³-hybridized carbons (Fsp3) is 0.615. The summed E-state index contributed by atoms with van der Waals surface area (Å²) in [5.41, 5.74) is -0.845. The number of hydrogen-bond acceptors (Lipinski definition) is 4. The number of aromatic nitrogens is 2. The lowest BCUT2D eigenvalue weighted by Crippen LogP contribution is -2.38. The maximum absolute atomic E-state index is 11.8. The van der Waals surface area contributed by atoms with Crippen LogP contribution in [-0.4, -0.2) is 33.9 Å². The van der Waals surface area contributed by atoms with Crippen molar-refractivity contribution in [2.45, 2.75) is 25.8 Å². The molecule has 0 aliphatic heterocycles. The molecule has 7 nitrogen and oxygen atoms in total. The molecule has 20 heavy (non-hydrogen) atoms. The van der Waals surface area contributed by atoms with Gasteiger partial charge >= 0.3 is 0 Å². The van der Waals surface area contributed by atoms with E-state index in [4.69, 9.17) is 0 Å². The van der Waals surface area contributed by atoms with Crippen LogP contribution in [0, 0.1) is 11.8 Å². The Morgan fingerprint density at radius 1 is 1.35 bits per heavy atom. The van der Waals surface area contributed by atoms with Gasteiger partial charge in [-0.3, -0.25) is 19.5 Å². The Morgan fingerprint density at radius 2 is 2.10 bits per heavy atom. The Morgan fingerprint density at radius 3 is 2.85 bits per heavy atom. The van der Waals surface area contributed by atoms with Crippen molar-refractivity contribution in [3.8, 4) is 0 Å². The van der Waals surface area contributed by atoms with Crippen LogP contribution < -0.4 is 16.4 Å². The van der Waals surface area contributed by atoms with Gasteiger partial charge in [0, 0.05) is 25.3 Å². The standard InChI is InChI=1S/C13H19N3O4/c17-8-10-3-1-2-9(10)6-14-12(19)7-16-13(20)5-4-11(18)15-16/h4-5,9-10,17H,1-3,6-8H2,(H,14,19)(H,15,18). The number of aromatic amines is 1. The van der Waals surface area contributed by atoms with Gasteiger partial charge in [-0.05, 0) is 24.7 Å². The van der Waals surface area contributed by atoms with Gasteiger partial charge < -0.3 is 10.4 Å². The predicted octanol–water partition coefficient (Wildman–Crippen LogP) is -0.939. The lowest BCUT2D eigenvalue weighted by Gasteiger charge is -2.17. The number of H-pyrrole nitrogens is 1. The Balaban J connectivity index is 1.88. The minimum atomic E-state index is -0.423. The molecule has 3 N–H and O–H groups in total. The number of carbonyl (C=O) groups excluding carboxylic acids is 1. The Labute approximate surface area is 115 Å². The molecule has 1 aromatic heterocycles. The van der Waals surface area contributed by atoms with Crippen LogP contribution in [0.5, 0.6) is 0 Å². The van der Waals surface area contributed by atoms with E-state index in [1.807, 2.05) is 0 Å². The number of nitrogens with one attached hydrogen (secondary N) is 2.